The first-order valence-corrected chi connectivity index (χ1v) is 8.05. The van der Waals surface area contributed by atoms with Gasteiger partial charge in [-0.25, -0.2) is 0 Å². The number of hydrogen-bond acceptors (Lipinski definition) is 1. The Balaban J connectivity index is 2.08. The predicted octanol–water partition coefficient (Wildman–Crippen LogP) is 5.00. The average molecular weight is 280 g/mol. The van der Waals surface area contributed by atoms with Crippen molar-refractivity contribution in [1.82, 2.24) is 0 Å². The molecule has 0 radical (unpaired) electrons. The van der Waals surface area contributed by atoms with E-state index in [1.165, 1.54) is 49.2 Å². The van der Waals surface area contributed by atoms with Crippen molar-refractivity contribution in [2.24, 2.45) is 11.8 Å². The molecular formula is C17H26ClN. The van der Waals surface area contributed by atoms with Crippen molar-refractivity contribution in [3.63, 3.8) is 0 Å². The third-order valence-electron chi connectivity index (χ3n) is 4.55. The van der Waals surface area contributed by atoms with Gasteiger partial charge < -0.3 is 4.90 Å². The Morgan fingerprint density at radius 2 is 2.05 bits per heavy atom. The molecule has 0 N–H and O–H groups in total. The van der Waals surface area contributed by atoms with Crippen LogP contribution in [0.25, 0.3) is 0 Å². The zero-order chi connectivity index (χ0) is 13.8. The summed E-state index contributed by atoms with van der Waals surface area (Å²) in [5, 5.41) is 0. The van der Waals surface area contributed by atoms with Gasteiger partial charge in [0.1, 0.15) is 0 Å². The number of hydrogen-bond donors (Lipinski definition) is 0. The average Bonchev–Trinajstić information content (AvgIpc) is 2.64. The van der Waals surface area contributed by atoms with Gasteiger partial charge in [0.2, 0.25) is 0 Å². The Kier molecular flexibility index (Phi) is 5.15. The third-order valence-corrected chi connectivity index (χ3v) is 4.84. The minimum absolute atomic E-state index is 0.613. The van der Waals surface area contributed by atoms with E-state index in [4.69, 9.17) is 11.6 Å². The maximum absolute atomic E-state index is 5.94. The summed E-state index contributed by atoms with van der Waals surface area (Å²) in [4.78, 5) is 2.55. The van der Waals surface area contributed by atoms with Gasteiger partial charge in [0.25, 0.3) is 0 Å². The maximum Gasteiger partial charge on any atom is 0.0476 e. The second-order valence-corrected chi connectivity index (χ2v) is 6.43. The molecule has 1 aromatic carbocycles. The molecule has 106 valence electrons. The van der Waals surface area contributed by atoms with Crippen LogP contribution in [0.4, 0.5) is 5.69 Å². The molecule has 0 aromatic heterocycles. The number of halogens is 1. The van der Waals surface area contributed by atoms with Crippen molar-refractivity contribution in [3.05, 3.63) is 29.3 Å². The summed E-state index contributed by atoms with van der Waals surface area (Å²) >= 11 is 5.94. The second-order valence-electron chi connectivity index (χ2n) is 6.17. The molecule has 1 saturated heterocycles. The van der Waals surface area contributed by atoms with E-state index in [1.54, 1.807) is 0 Å². The monoisotopic (exact) mass is 279 g/mol. The predicted molar refractivity (Wildman–Crippen MR) is 85.1 cm³/mol. The number of aryl methyl sites for hydroxylation is 1. The molecule has 1 unspecified atom stereocenters. The van der Waals surface area contributed by atoms with Crippen LogP contribution in [-0.2, 0) is 5.88 Å². The Morgan fingerprint density at radius 3 is 2.68 bits per heavy atom. The minimum atomic E-state index is 0.613. The molecule has 0 saturated carbocycles. The Morgan fingerprint density at radius 1 is 1.26 bits per heavy atom. The van der Waals surface area contributed by atoms with Crippen molar-refractivity contribution in [2.75, 3.05) is 18.0 Å². The van der Waals surface area contributed by atoms with Crippen LogP contribution in [0.1, 0.15) is 44.2 Å². The standard InChI is InChI=1S/C17H26ClN/c1-13(2)15-5-4-9-19(10-8-15)17-7-6-16(12-18)14(3)11-17/h6-7,11,13,15H,4-5,8-10,12H2,1-3H3. The highest BCUT2D eigenvalue weighted by atomic mass is 35.5. The van der Waals surface area contributed by atoms with Crippen LogP contribution < -0.4 is 4.90 Å². The zero-order valence-corrected chi connectivity index (χ0v) is 13.2. The molecule has 2 rings (SSSR count). The van der Waals surface area contributed by atoms with E-state index in [2.05, 4.69) is 43.9 Å². The van der Waals surface area contributed by atoms with E-state index in [0.717, 1.165) is 11.8 Å². The van der Waals surface area contributed by atoms with E-state index >= 15 is 0 Å². The summed E-state index contributed by atoms with van der Waals surface area (Å²) in [6.07, 6.45) is 4.03. The first kappa shape index (κ1) is 14.7. The fourth-order valence-electron chi connectivity index (χ4n) is 3.07. The van der Waals surface area contributed by atoms with Crippen LogP contribution in [0.3, 0.4) is 0 Å². The van der Waals surface area contributed by atoms with Gasteiger partial charge in [-0.2, -0.15) is 0 Å². The maximum atomic E-state index is 5.94. The summed E-state index contributed by atoms with van der Waals surface area (Å²) in [5.41, 5.74) is 3.94. The van der Waals surface area contributed by atoms with Gasteiger partial charge in [-0.05, 0) is 61.3 Å². The van der Waals surface area contributed by atoms with E-state index in [9.17, 15) is 0 Å². The molecule has 1 aliphatic heterocycles. The highest BCUT2D eigenvalue weighted by Crippen LogP contribution is 2.28. The third kappa shape index (κ3) is 3.66. The van der Waals surface area contributed by atoms with E-state index in [-0.39, 0.29) is 0 Å². The molecule has 0 aliphatic carbocycles. The lowest BCUT2D eigenvalue weighted by Crippen LogP contribution is -2.24. The molecule has 0 amide bonds. The molecule has 2 heteroatoms. The molecule has 0 bridgehead atoms. The van der Waals surface area contributed by atoms with Crippen LogP contribution in [0, 0.1) is 18.8 Å². The number of anilines is 1. The van der Waals surface area contributed by atoms with E-state index in [0.29, 0.717) is 5.88 Å². The van der Waals surface area contributed by atoms with Crippen LogP contribution >= 0.6 is 11.6 Å². The van der Waals surface area contributed by atoms with Crippen molar-refractivity contribution >= 4 is 17.3 Å². The molecule has 1 fully saturated rings. The first-order chi connectivity index (χ1) is 9.11. The van der Waals surface area contributed by atoms with Crippen molar-refractivity contribution in [3.8, 4) is 0 Å². The normalized spacial score (nSPS) is 20.7. The summed E-state index contributed by atoms with van der Waals surface area (Å²) in [7, 11) is 0. The smallest absolute Gasteiger partial charge is 0.0476 e. The highest BCUT2D eigenvalue weighted by molar-refractivity contribution is 6.17. The fraction of sp³-hybridized carbons (Fsp3) is 0.647. The van der Waals surface area contributed by atoms with Crippen molar-refractivity contribution < 1.29 is 0 Å². The molecule has 19 heavy (non-hydrogen) atoms. The molecule has 1 nitrogen and oxygen atoms in total. The molecule has 1 aliphatic rings. The zero-order valence-electron chi connectivity index (χ0n) is 12.5. The van der Waals surface area contributed by atoms with Gasteiger partial charge in [-0.1, -0.05) is 19.9 Å². The number of alkyl halides is 1. The van der Waals surface area contributed by atoms with Gasteiger partial charge >= 0.3 is 0 Å². The topological polar surface area (TPSA) is 3.24 Å². The summed E-state index contributed by atoms with van der Waals surface area (Å²) in [6.45, 7) is 9.28. The van der Waals surface area contributed by atoms with Gasteiger partial charge in [-0.15, -0.1) is 11.6 Å². The van der Waals surface area contributed by atoms with Crippen LogP contribution in [0.15, 0.2) is 18.2 Å². The lowest BCUT2D eigenvalue weighted by molar-refractivity contribution is 0.351. The molecular weight excluding hydrogens is 254 g/mol. The lowest BCUT2D eigenvalue weighted by Gasteiger charge is -2.24. The number of rotatable bonds is 3. The quantitative estimate of drug-likeness (QED) is 0.704. The van der Waals surface area contributed by atoms with Gasteiger partial charge in [0.15, 0.2) is 0 Å². The van der Waals surface area contributed by atoms with Crippen LogP contribution in [-0.4, -0.2) is 13.1 Å². The van der Waals surface area contributed by atoms with E-state index in [1.807, 2.05) is 0 Å². The van der Waals surface area contributed by atoms with Gasteiger partial charge in [-0.3, -0.25) is 0 Å². The van der Waals surface area contributed by atoms with Gasteiger partial charge in [0, 0.05) is 24.7 Å². The van der Waals surface area contributed by atoms with Crippen molar-refractivity contribution in [1.29, 1.82) is 0 Å². The highest BCUT2D eigenvalue weighted by Gasteiger charge is 2.19. The SMILES string of the molecule is Cc1cc(N2CCCC(C(C)C)CC2)ccc1CCl. The fourth-order valence-corrected chi connectivity index (χ4v) is 3.37. The molecule has 1 aromatic rings. The van der Waals surface area contributed by atoms with Crippen LogP contribution in [0.5, 0.6) is 0 Å². The lowest BCUT2D eigenvalue weighted by atomic mass is 9.89. The summed E-state index contributed by atoms with van der Waals surface area (Å²) in [5.74, 6) is 2.33. The van der Waals surface area contributed by atoms with Gasteiger partial charge in [0.05, 0.1) is 0 Å². The van der Waals surface area contributed by atoms with Crippen LogP contribution in [0.2, 0.25) is 0 Å². The summed E-state index contributed by atoms with van der Waals surface area (Å²) < 4.78 is 0. The second kappa shape index (κ2) is 6.65. The van der Waals surface area contributed by atoms with E-state index < -0.39 is 0 Å². The molecule has 1 heterocycles. The Hall–Kier alpha value is -0.690. The Labute approximate surface area is 123 Å². The molecule has 1 atom stereocenters. The largest absolute Gasteiger partial charge is 0.372 e. The minimum Gasteiger partial charge on any atom is -0.372 e. The number of benzene rings is 1. The number of nitrogens with zero attached hydrogens (tertiary/aromatic N) is 1. The first-order valence-electron chi connectivity index (χ1n) is 7.52. The molecule has 0 spiro atoms. The Bertz CT molecular complexity index is 414. The van der Waals surface area contributed by atoms with Crippen molar-refractivity contribution in [2.45, 2.75) is 45.9 Å². The summed E-state index contributed by atoms with van der Waals surface area (Å²) in [6, 6.07) is 6.72.